The number of benzene rings is 1. The van der Waals surface area contributed by atoms with Crippen LogP contribution in [0.15, 0.2) is 24.3 Å². The van der Waals surface area contributed by atoms with E-state index in [0.29, 0.717) is 10.6 Å². The van der Waals surface area contributed by atoms with Gasteiger partial charge in [0, 0.05) is 5.02 Å². The second-order valence-corrected chi connectivity index (χ2v) is 4.70. The predicted octanol–water partition coefficient (Wildman–Crippen LogP) is 2.06. The Balaban J connectivity index is 2.73. The molecule has 1 aromatic rings. The zero-order valence-electron chi connectivity index (χ0n) is 8.08. The third kappa shape index (κ3) is 4.31. The molecule has 5 nitrogen and oxygen atoms in total. The van der Waals surface area contributed by atoms with Crippen molar-refractivity contribution < 1.29 is 18.9 Å². The molecule has 1 atom stereocenters. The molecule has 0 radical (unpaired) electrons. The van der Waals surface area contributed by atoms with Crippen molar-refractivity contribution in [2.24, 2.45) is 0 Å². The van der Waals surface area contributed by atoms with Gasteiger partial charge >= 0.3 is 7.82 Å². The van der Waals surface area contributed by atoms with Crippen LogP contribution in [0.5, 0.6) is 0 Å². The van der Waals surface area contributed by atoms with Crippen molar-refractivity contribution in [3.05, 3.63) is 34.9 Å². The molecule has 7 heteroatoms. The summed E-state index contributed by atoms with van der Waals surface area (Å²) < 4.78 is 14.8. The Labute approximate surface area is 97.5 Å². The Hall–Kier alpha value is -0.890. The topological polar surface area (TPSA) is 90.5 Å². The Morgan fingerprint density at radius 1 is 1.44 bits per heavy atom. The molecule has 86 valence electrons. The first-order valence-electron chi connectivity index (χ1n) is 4.27. The molecule has 0 aliphatic heterocycles. The molecule has 0 aliphatic carbocycles. The summed E-state index contributed by atoms with van der Waals surface area (Å²) in [6.07, 6.45) is 0. The maximum Gasteiger partial charge on any atom is 0.469 e. The summed E-state index contributed by atoms with van der Waals surface area (Å²) in [6, 6.07) is 8.31. The molecule has 0 saturated carbocycles. The van der Waals surface area contributed by atoms with Gasteiger partial charge in [-0.1, -0.05) is 23.7 Å². The molecular weight excluding hydrogens is 253 g/mol. The molecule has 0 saturated heterocycles. The standard InChI is InChI=1S/C9H9ClNO4P/c10-9-3-1-7(2-4-9)8(5-11)6-15-16(12,13)14/h1-4,8H,6H2,(H2,12,13,14). The van der Waals surface area contributed by atoms with Crippen molar-refractivity contribution in [1.82, 2.24) is 0 Å². The zero-order chi connectivity index (χ0) is 12.2. The van der Waals surface area contributed by atoms with Gasteiger partial charge in [0.25, 0.3) is 0 Å². The van der Waals surface area contributed by atoms with Crippen molar-refractivity contribution >= 4 is 19.4 Å². The summed E-state index contributed by atoms with van der Waals surface area (Å²) in [5, 5.41) is 9.35. The largest absolute Gasteiger partial charge is 0.469 e. The molecule has 1 unspecified atom stereocenters. The fraction of sp³-hybridized carbons (Fsp3) is 0.222. The number of hydrogen-bond donors (Lipinski definition) is 2. The van der Waals surface area contributed by atoms with Crippen LogP contribution in [-0.4, -0.2) is 16.4 Å². The summed E-state index contributed by atoms with van der Waals surface area (Å²) >= 11 is 5.67. The zero-order valence-corrected chi connectivity index (χ0v) is 9.73. The molecule has 0 aromatic heterocycles. The number of nitrogens with zero attached hydrogens (tertiary/aromatic N) is 1. The van der Waals surface area contributed by atoms with Gasteiger partial charge in [-0.15, -0.1) is 0 Å². The molecule has 0 amide bonds. The average Bonchev–Trinajstić information content (AvgIpc) is 2.20. The fourth-order valence-electron chi connectivity index (χ4n) is 1.07. The summed E-state index contributed by atoms with van der Waals surface area (Å²) in [5.74, 6) is -0.732. The minimum atomic E-state index is -4.54. The highest BCUT2D eigenvalue weighted by atomic mass is 35.5. The van der Waals surface area contributed by atoms with Gasteiger partial charge in [-0.3, -0.25) is 4.52 Å². The van der Waals surface area contributed by atoms with E-state index in [2.05, 4.69) is 4.52 Å². The van der Waals surface area contributed by atoms with Gasteiger partial charge in [-0.25, -0.2) is 4.57 Å². The van der Waals surface area contributed by atoms with E-state index in [1.54, 1.807) is 24.3 Å². The van der Waals surface area contributed by atoms with Crippen LogP contribution in [0.1, 0.15) is 11.5 Å². The van der Waals surface area contributed by atoms with Crippen LogP contribution < -0.4 is 0 Å². The van der Waals surface area contributed by atoms with Crippen molar-refractivity contribution in [3.63, 3.8) is 0 Å². The van der Waals surface area contributed by atoms with Gasteiger partial charge in [0.05, 0.1) is 18.6 Å². The highest BCUT2D eigenvalue weighted by Gasteiger charge is 2.19. The summed E-state index contributed by atoms with van der Waals surface area (Å²) in [5.41, 5.74) is 0.598. The monoisotopic (exact) mass is 261 g/mol. The van der Waals surface area contributed by atoms with Crippen LogP contribution in [0.4, 0.5) is 0 Å². The Morgan fingerprint density at radius 3 is 2.44 bits per heavy atom. The Morgan fingerprint density at radius 2 is 2.00 bits per heavy atom. The van der Waals surface area contributed by atoms with E-state index >= 15 is 0 Å². The fourth-order valence-corrected chi connectivity index (χ4v) is 1.54. The number of rotatable bonds is 4. The van der Waals surface area contributed by atoms with Crippen LogP contribution in [0.2, 0.25) is 5.02 Å². The first-order chi connectivity index (χ1) is 7.42. The van der Waals surface area contributed by atoms with E-state index in [9.17, 15) is 4.57 Å². The first-order valence-corrected chi connectivity index (χ1v) is 6.18. The highest BCUT2D eigenvalue weighted by molar-refractivity contribution is 7.46. The Kier molecular flexibility index (Phi) is 4.48. The van der Waals surface area contributed by atoms with Crippen molar-refractivity contribution in [1.29, 1.82) is 5.26 Å². The quantitative estimate of drug-likeness (QED) is 0.810. The molecule has 0 bridgehead atoms. The maximum atomic E-state index is 10.5. The minimum absolute atomic E-state index is 0.359. The lowest BCUT2D eigenvalue weighted by Gasteiger charge is -2.10. The first kappa shape index (κ1) is 13.2. The summed E-state index contributed by atoms with van der Waals surface area (Å²) in [6.45, 7) is -0.359. The minimum Gasteiger partial charge on any atom is -0.303 e. The average molecular weight is 262 g/mol. The molecule has 0 spiro atoms. The molecule has 0 heterocycles. The number of nitriles is 1. The van der Waals surface area contributed by atoms with Gasteiger partial charge in [-0.2, -0.15) is 5.26 Å². The van der Waals surface area contributed by atoms with Crippen molar-refractivity contribution in [2.75, 3.05) is 6.61 Å². The van der Waals surface area contributed by atoms with E-state index in [1.165, 1.54) is 0 Å². The van der Waals surface area contributed by atoms with Crippen molar-refractivity contribution in [2.45, 2.75) is 5.92 Å². The van der Waals surface area contributed by atoms with Gasteiger partial charge in [0.1, 0.15) is 0 Å². The van der Waals surface area contributed by atoms with E-state index in [4.69, 9.17) is 26.6 Å². The van der Waals surface area contributed by atoms with Crippen LogP contribution in [0, 0.1) is 11.3 Å². The lowest BCUT2D eigenvalue weighted by atomic mass is 10.0. The molecule has 16 heavy (non-hydrogen) atoms. The van der Waals surface area contributed by atoms with Gasteiger partial charge < -0.3 is 9.79 Å². The van der Waals surface area contributed by atoms with Gasteiger partial charge in [-0.05, 0) is 17.7 Å². The summed E-state index contributed by atoms with van der Waals surface area (Å²) in [4.78, 5) is 17.0. The van der Waals surface area contributed by atoms with E-state index in [0.717, 1.165) is 0 Å². The number of phosphoric acid groups is 1. The highest BCUT2D eigenvalue weighted by Crippen LogP contribution is 2.37. The van der Waals surface area contributed by atoms with Crippen molar-refractivity contribution in [3.8, 4) is 6.07 Å². The molecule has 1 rings (SSSR count). The molecule has 0 fully saturated rings. The maximum absolute atomic E-state index is 10.5. The van der Waals surface area contributed by atoms with Crippen LogP contribution in [-0.2, 0) is 9.09 Å². The smallest absolute Gasteiger partial charge is 0.303 e. The second-order valence-electron chi connectivity index (χ2n) is 3.02. The third-order valence-corrected chi connectivity index (χ3v) is 2.57. The molecule has 1 aromatic carbocycles. The molecule has 2 N–H and O–H groups in total. The lowest BCUT2D eigenvalue weighted by Crippen LogP contribution is -2.04. The predicted molar refractivity (Wildman–Crippen MR) is 57.8 cm³/mol. The van der Waals surface area contributed by atoms with Crippen LogP contribution >= 0.6 is 19.4 Å². The lowest BCUT2D eigenvalue weighted by molar-refractivity contribution is 0.194. The Bertz CT molecular complexity index is 436. The second kappa shape index (κ2) is 5.44. The SMILES string of the molecule is N#CC(COP(=O)(O)O)c1ccc(Cl)cc1. The van der Waals surface area contributed by atoms with E-state index < -0.39 is 13.7 Å². The van der Waals surface area contributed by atoms with Crippen LogP contribution in [0.3, 0.4) is 0 Å². The number of hydrogen-bond acceptors (Lipinski definition) is 3. The molecular formula is C9H9ClNO4P. The third-order valence-electron chi connectivity index (χ3n) is 1.84. The number of phosphoric ester groups is 1. The van der Waals surface area contributed by atoms with Crippen LogP contribution in [0.25, 0.3) is 0 Å². The molecule has 0 aliphatic rings. The van der Waals surface area contributed by atoms with Gasteiger partial charge in [0.15, 0.2) is 0 Å². The normalized spacial score (nSPS) is 13.1. The summed E-state index contributed by atoms with van der Waals surface area (Å²) in [7, 11) is -4.54. The van der Waals surface area contributed by atoms with E-state index in [-0.39, 0.29) is 6.61 Å². The van der Waals surface area contributed by atoms with E-state index in [1.807, 2.05) is 6.07 Å². The van der Waals surface area contributed by atoms with Gasteiger partial charge in [0.2, 0.25) is 0 Å². The number of halogens is 1.